The average Bonchev–Trinajstić information content (AvgIpc) is 3.28. The number of methoxy groups -OCH3 is 1. The van der Waals surface area contributed by atoms with Crippen LogP contribution in [-0.2, 0) is 23.0 Å². The van der Waals surface area contributed by atoms with Crippen molar-refractivity contribution >= 4 is 10.0 Å². The summed E-state index contributed by atoms with van der Waals surface area (Å²) < 4.78 is 40.1. The van der Waals surface area contributed by atoms with Crippen LogP contribution >= 0.6 is 0 Å². The lowest BCUT2D eigenvalue weighted by Crippen LogP contribution is -2.44. The molecule has 1 aliphatic heterocycles. The van der Waals surface area contributed by atoms with E-state index in [9.17, 15) is 8.42 Å². The summed E-state index contributed by atoms with van der Waals surface area (Å²) in [6.07, 6.45) is 3.55. The molecule has 1 N–H and O–H groups in total. The highest BCUT2D eigenvalue weighted by Gasteiger charge is 2.26. The number of furan rings is 1. The Morgan fingerprint density at radius 2 is 1.84 bits per heavy atom. The number of rotatable bonds is 8. The second-order valence-electron chi connectivity index (χ2n) is 7.89. The van der Waals surface area contributed by atoms with Gasteiger partial charge >= 0.3 is 0 Å². The first-order valence-corrected chi connectivity index (χ1v) is 12.0. The summed E-state index contributed by atoms with van der Waals surface area (Å²) >= 11 is 0. The van der Waals surface area contributed by atoms with Crippen LogP contribution in [0.5, 0.6) is 5.75 Å². The standard InChI is InChI=1S/C24H28N2O4S/c1-29-22-9-10-24(20(16-22)17-23-8-5-15-30-23)31(27,28)25-21-11-13-26(14-12-21)18-19-6-3-2-4-7-19/h2-10,15-16,21,25H,11-14,17-18H2,1H3. The molecule has 1 aliphatic rings. The maximum absolute atomic E-state index is 13.2. The molecular weight excluding hydrogens is 412 g/mol. The molecule has 1 aromatic heterocycles. The van der Waals surface area contributed by atoms with Crippen LogP contribution in [0.4, 0.5) is 0 Å². The highest BCUT2D eigenvalue weighted by Crippen LogP contribution is 2.26. The summed E-state index contributed by atoms with van der Waals surface area (Å²) in [6.45, 7) is 2.62. The molecule has 0 radical (unpaired) electrons. The van der Waals surface area contributed by atoms with Gasteiger partial charge in [-0.1, -0.05) is 30.3 Å². The third kappa shape index (κ3) is 5.55. The fourth-order valence-electron chi connectivity index (χ4n) is 4.02. The number of hydrogen-bond acceptors (Lipinski definition) is 5. The van der Waals surface area contributed by atoms with E-state index in [1.807, 2.05) is 24.3 Å². The lowest BCUT2D eigenvalue weighted by Gasteiger charge is -2.32. The van der Waals surface area contributed by atoms with Gasteiger partial charge in [0.25, 0.3) is 0 Å². The van der Waals surface area contributed by atoms with Crippen molar-refractivity contribution < 1.29 is 17.6 Å². The predicted molar refractivity (Wildman–Crippen MR) is 120 cm³/mol. The van der Waals surface area contributed by atoms with Gasteiger partial charge in [0.15, 0.2) is 0 Å². The Morgan fingerprint density at radius 1 is 1.06 bits per heavy atom. The van der Waals surface area contributed by atoms with E-state index in [0.717, 1.165) is 32.5 Å². The molecule has 31 heavy (non-hydrogen) atoms. The van der Waals surface area contributed by atoms with E-state index in [-0.39, 0.29) is 10.9 Å². The second-order valence-corrected chi connectivity index (χ2v) is 9.57. The van der Waals surface area contributed by atoms with Crippen LogP contribution in [0, 0.1) is 0 Å². The molecule has 0 atom stereocenters. The van der Waals surface area contributed by atoms with E-state index >= 15 is 0 Å². The monoisotopic (exact) mass is 440 g/mol. The normalized spacial score (nSPS) is 15.8. The first kappa shape index (κ1) is 21.6. The van der Waals surface area contributed by atoms with Crippen molar-refractivity contribution in [3.8, 4) is 5.75 Å². The number of ether oxygens (including phenoxy) is 1. The van der Waals surface area contributed by atoms with E-state index in [2.05, 4.69) is 21.8 Å². The summed E-state index contributed by atoms with van der Waals surface area (Å²) in [7, 11) is -2.09. The van der Waals surface area contributed by atoms with E-state index in [4.69, 9.17) is 9.15 Å². The first-order chi connectivity index (χ1) is 15.0. The number of hydrogen-bond donors (Lipinski definition) is 1. The number of nitrogens with one attached hydrogen (secondary N) is 1. The molecule has 6 nitrogen and oxygen atoms in total. The zero-order chi connectivity index (χ0) is 21.7. The van der Waals surface area contributed by atoms with Gasteiger partial charge in [0.2, 0.25) is 10.0 Å². The fourth-order valence-corrected chi connectivity index (χ4v) is 5.54. The molecule has 1 fully saturated rings. The van der Waals surface area contributed by atoms with Crippen molar-refractivity contribution in [2.24, 2.45) is 0 Å². The summed E-state index contributed by atoms with van der Waals surface area (Å²) in [5.41, 5.74) is 1.94. The maximum atomic E-state index is 13.2. The van der Waals surface area contributed by atoms with E-state index in [1.165, 1.54) is 5.56 Å². The van der Waals surface area contributed by atoms with Crippen LogP contribution in [0.2, 0.25) is 0 Å². The fraction of sp³-hybridized carbons (Fsp3) is 0.333. The molecule has 0 amide bonds. The van der Waals surface area contributed by atoms with Crippen LogP contribution in [0.15, 0.2) is 76.2 Å². The van der Waals surface area contributed by atoms with Crippen molar-refractivity contribution in [3.05, 3.63) is 83.8 Å². The number of likely N-dealkylation sites (tertiary alicyclic amines) is 1. The average molecular weight is 441 g/mol. The minimum atomic E-state index is -3.66. The smallest absolute Gasteiger partial charge is 0.241 e. The van der Waals surface area contributed by atoms with E-state index in [1.54, 1.807) is 37.6 Å². The van der Waals surface area contributed by atoms with Crippen LogP contribution < -0.4 is 9.46 Å². The molecule has 0 saturated carbocycles. The summed E-state index contributed by atoms with van der Waals surface area (Å²) in [6, 6.07) is 19.0. The molecule has 1 saturated heterocycles. The number of nitrogens with zero attached hydrogens (tertiary/aromatic N) is 1. The van der Waals surface area contributed by atoms with Gasteiger partial charge < -0.3 is 9.15 Å². The lowest BCUT2D eigenvalue weighted by molar-refractivity contribution is 0.200. The van der Waals surface area contributed by atoms with Gasteiger partial charge in [-0.2, -0.15) is 0 Å². The predicted octanol–water partition coefficient (Wildman–Crippen LogP) is 3.82. The lowest BCUT2D eigenvalue weighted by atomic mass is 10.1. The molecule has 164 valence electrons. The molecular formula is C24H28N2O4S. The third-order valence-corrected chi connectivity index (χ3v) is 7.28. The first-order valence-electron chi connectivity index (χ1n) is 10.5. The third-order valence-electron chi connectivity index (χ3n) is 5.66. The van der Waals surface area contributed by atoms with Crippen molar-refractivity contribution in [2.75, 3.05) is 20.2 Å². The molecule has 0 unspecified atom stereocenters. The Kier molecular flexibility index (Phi) is 6.75. The highest BCUT2D eigenvalue weighted by atomic mass is 32.2. The molecule has 0 aliphatic carbocycles. The van der Waals surface area contributed by atoms with Crippen molar-refractivity contribution in [1.82, 2.24) is 9.62 Å². The van der Waals surface area contributed by atoms with Crippen molar-refractivity contribution in [2.45, 2.75) is 36.7 Å². The molecule has 0 bridgehead atoms. The molecule has 3 aromatic rings. The number of benzene rings is 2. The van der Waals surface area contributed by atoms with Crippen molar-refractivity contribution in [3.63, 3.8) is 0 Å². The Bertz CT molecular complexity index is 1070. The summed E-state index contributed by atoms with van der Waals surface area (Å²) in [5, 5.41) is 0. The molecule has 0 spiro atoms. The van der Waals surface area contributed by atoms with Gasteiger partial charge in [-0.25, -0.2) is 13.1 Å². The SMILES string of the molecule is COc1ccc(S(=O)(=O)NC2CCN(Cc3ccccc3)CC2)c(Cc2ccco2)c1. The van der Waals surface area contributed by atoms with Crippen LogP contribution in [0.3, 0.4) is 0 Å². The highest BCUT2D eigenvalue weighted by molar-refractivity contribution is 7.89. The van der Waals surface area contributed by atoms with Crippen LogP contribution in [0.25, 0.3) is 0 Å². The summed E-state index contributed by atoms with van der Waals surface area (Å²) in [4.78, 5) is 2.65. The Morgan fingerprint density at radius 3 is 2.52 bits per heavy atom. The van der Waals surface area contributed by atoms with Gasteiger partial charge in [-0.3, -0.25) is 4.90 Å². The largest absolute Gasteiger partial charge is 0.497 e. The van der Waals surface area contributed by atoms with Gasteiger partial charge in [-0.15, -0.1) is 0 Å². The Balaban J connectivity index is 1.43. The minimum Gasteiger partial charge on any atom is -0.497 e. The maximum Gasteiger partial charge on any atom is 0.241 e. The molecule has 7 heteroatoms. The van der Waals surface area contributed by atoms with Crippen LogP contribution in [-0.4, -0.2) is 39.6 Å². The zero-order valence-corrected chi connectivity index (χ0v) is 18.5. The van der Waals surface area contributed by atoms with Gasteiger partial charge in [0.05, 0.1) is 18.3 Å². The molecule has 2 heterocycles. The van der Waals surface area contributed by atoms with E-state index < -0.39 is 10.0 Å². The van der Waals surface area contributed by atoms with Crippen LogP contribution in [0.1, 0.15) is 29.7 Å². The minimum absolute atomic E-state index is 0.0735. The van der Waals surface area contributed by atoms with Gasteiger partial charge in [0.1, 0.15) is 11.5 Å². The number of piperidine rings is 1. The molecule has 2 aromatic carbocycles. The molecule has 4 rings (SSSR count). The van der Waals surface area contributed by atoms with Gasteiger partial charge in [0, 0.05) is 32.1 Å². The van der Waals surface area contributed by atoms with Gasteiger partial charge in [-0.05, 0) is 54.3 Å². The second kappa shape index (κ2) is 9.68. The Hall–Kier alpha value is -2.61. The number of sulfonamides is 1. The summed E-state index contributed by atoms with van der Waals surface area (Å²) in [5.74, 6) is 1.33. The topological polar surface area (TPSA) is 71.8 Å². The zero-order valence-electron chi connectivity index (χ0n) is 17.7. The van der Waals surface area contributed by atoms with E-state index in [0.29, 0.717) is 23.5 Å². The Labute approximate surface area is 183 Å². The van der Waals surface area contributed by atoms with Crippen molar-refractivity contribution in [1.29, 1.82) is 0 Å². The quantitative estimate of drug-likeness (QED) is 0.577.